The first-order chi connectivity index (χ1) is 7.27. The molecule has 0 bridgehead atoms. The third-order valence-electron chi connectivity index (χ3n) is 1.87. The zero-order valence-electron chi connectivity index (χ0n) is 7.91. The predicted octanol–water partition coefficient (Wildman–Crippen LogP) is -0.162. The fraction of sp³-hybridized carbons (Fsp3) is 0.111. The minimum Gasteiger partial charge on any atom is -0.385 e. The average Bonchev–Trinajstić information content (AvgIpc) is 2.26. The summed E-state index contributed by atoms with van der Waals surface area (Å²) < 4.78 is 0. The molecule has 0 aromatic carbocycles. The van der Waals surface area contributed by atoms with E-state index in [1.807, 2.05) is 12.1 Å². The van der Waals surface area contributed by atoms with Crippen LogP contribution in [0.5, 0.6) is 0 Å². The van der Waals surface area contributed by atoms with Crippen LogP contribution in [0.25, 0.3) is 0 Å². The summed E-state index contributed by atoms with van der Waals surface area (Å²) in [6, 6.07) is 4.85. The first-order valence-corrected chi connectivity index (χ1v) is 4.38. The number of aromatic nitrogens is 1. The van der Waals surface area contributed by atoms with Gasteiger partial charge in [0.05, 0.1) is 0 Å². The first-order valence-electron chi connectivity index (χ1n) is 4.38. The highest BCUT2D eigenvalue weighted by atomic mass is 15.1. The average molecular weight is 202 g/mol. The molecular formula is C9H10N6. The van der Waals surface area contributed by atoms with Crippen LogP contribution in [-0.4, -0.2) is 29.0 Å². The molecule has 1 aromatic heterocycles. The molecule has 2 rings (SSSR count). The molecule has 1 aliphatic heterocycles. The van der Waals surface area contributed by atoms with Crippen LogP contribution in [0.2, 0.25) is 0 Å². The van der Waals surface area contributed by atoms with Crippen LogP contribution in [0.15, 0.2) is 39.4 Å². The van der Waals surface area contributed by atoms with Gasteiger partial charge >= 0.3 is 0 Å². The Balaban J connectivity index is 2.29. The first kappa shape index (κ1) is 9.47. The molecule has 1 unspecified atom stereocenters. The van der Waals surface area contributed by atoms with E-state index in [9.17, 15) is 0 Å². The molecule has 1 aromatic rings. The van der Waals surface area contributed by atoms with Gasteiger partial charge in [-0.05, 0) is 12.1 Å². The van der Waals surface area contributed by atoms with Crippen molar-refractivity contribution in [3.63, 3.8) is 0 Å². The number of nitrogens with zero attached hydrogens (tertiary/aromatic N) is 4. The summed E-state index contributed by atoms with van der Waals surface area (Å²) in [7, 11) is 0. The third kappa shape index (κ3) is 2.05. The molecule has 1 atom stereocenters. The van der Waals surface area contributed by atoms with Gasteiger partial charge in [0.2, 0.25) is 0 Å². The maximum absolute atomic E-state index is 5.74. The Bertz CT molecular complexity index is 433. The van der Waals surface area contributed by atoms with Crippen LogP contribution >= 0.6 is 0 Å². The Hall–Kier alpha value is -2.08. The number of hydrogen-bond acceptors (Lipinski definition) is 5. The van der Waals surface area contributed by atoms with Gasteiger partial charge in [0, 0.05) is 6.20 Å². The van der Waals surface area contributed by atoms with Crippen LogP contribution in [0.3, 0.4) is 0 Å². The summed E-state index contributed by atoms with van der Waals surface area (Å²) in [6.07, 6.45) is 2.98. The molecule has 6 nitrogen and oxygen atoms in total. The number of aliphatic imine (C=N–C) groups is 3. The summed E-state index contributed by atoms with van der Waals surface area (Å²) in [5.41, 5.74) is 11.3. The maximum atomic E-state index is 5.74. The van der Waals surface area contributed by atoms with E-state index in [1.54, 1.807) is 12.3 Å². The van der Waals surface area contributed by atoms with Crippen molar-refractivity contribution in [2.75, 3.05) is 0 Å². The largest absolute Gasteiger partial charge is 0.385 e. The summed E-state index contributed by atoms with van der Waals surface area (Å²) >= 11 is 0. The van der Waals surface area contributed by atoms with Gasteiger partial charge in [-0.15, -0.1) is 0 Å². The van der Waals surface area contributed by atoms with Crippen LogP contribution in [-0.2, 0) is 0 Å². The zero-order chi connectivity index (χ0) is 10.7. The Morgan fingerprint density at radius 2 is 2.20 bits per heavy atom. The summed E-state index contributed by atoms with van der Waals surface area (Å²) in [6.45, 7) is 0. The number of hydrogen-bond donors (Lipinski definition) is 2. The number of nitrogens with two attached hydrogens (primary N) is 2. The van der Waals surface area contributed by atoms with Crippen molar-refractivity contribution in [2.45, 2.75) is 6.04 Å². The molecule has 0 saturated carbocycles. The summed E-state index contributed by atoms with van der Waals surface area (Å²) in [4.78, 5) is 15.9. The van der Waals surface area contributed by atoms with E-state index in [2.05, 4.69) is 20.0 Å². The molecule has 0 aliphatic carbocycles. The van der Waals surface area contributed by atoms with Crippen molar-refractivity contribution in [1.82, 2.24) is 4.98 Å². The molecular weight excluding hydrogens is 192 g/mol. The molecule has 0 fully saturated rings. The minimum atomic E-state index is -0.558. The van der Waals surface area contributed by atoms with E-state index in [1.165, 1.54) is 6.34 Å². The highest BCUT2D eigenvalue weighted by molar-refractivity contribution is 6.15. The van der Waals surface area contributed by atoms with E-state index >= 15 is 0 Å². The maximum Gasteiger partial charge on any atom is 0.157 e. The van der Waals surface area contributed by atoms with Crippen LogP contribution < -0.4 is 11.5 Å². The normalized spacial score (nSPS) is 22.9. The van der Waals surface area contributed by atoms with Crippen LogP contribution in [0.4, 0.5) is 5.82 Å². The fourth-order valence-corrected chi connectivity index (χ4v) is 1.08. The molecule has 6 heteroatoms. The Kier molecular flexibility index (Phi) is 2.51. The lowest BCUT2D eigenvalue weighted by atomic mass is 10.2. The van der Waals surface area contributed by atoms with Crippen molar-refractivity contribution in [3.05, 3.63) is 24.4 Å². The lowest BCUT2D eigenvalue weighted by molar-refractivity contribution is 1.07. The summed E-state index contributed by atoms with van der Waals surface area (Å²) in [5.74, 6) is 1.27. The molecule has 2 heterocycles. The van der Waals surface area contributed by atoms with Crippen molar-refractivity contribution in [2.24, 2.45) is 26.4 Å². The van der Waals surface area contributed by atoms with E-state index in [0.717, 1.165) is 0 Å². The molecule has 0 amide bonds. The SMILES string of the molecule is NC1=NC=N/C(=N\c2ccccn2)C1N. The standard InChI is InChI=1S/C9H10N6/c10-7-8(11)13-5-14-9(7)15-6-3-1-2-4-12-6/h1-5,7H,10H2,(H2,11,12,13,14,15). The highest BCUT2D eigenvalue weighted by Crippen LogP contribution is 2.08. The number of rotatable bonds is 1. The van der Waals surface area contributed by atoms with Gasteiger partial charge in [-0.3, -0.25) is 0 Å². The van der Waals surface area contributed by atoms with Gasteiger partial charge in [-0.25, -0.2) is 20.0 Å². The van der Waals surface area contributed by atoms with E-state index in [4.69, 9.17) is 11.5 Å². The molecule has 4 N–H and O–H groups in total. The second-order valence-electron chi connectivity index (χ2n) is 2.93. The number of pyridine rings is 1. The van der Waals surface area contributed by atoms with Crippen molar-refractivity contribution < 1.29 is 0 Å². The van der Waals surface area contributed by atoms with E-state index < -0.39 is 6.04 Å². The van der Waals surface area contributed by atoms with Gasteiger partial charge < -0.3 is 11.5 Å². The molecule has 0 saturated heterocycles. The van der Waals surface area contributed by atoms with Crippen LogP contribution in [0.1, 0.15) is 0 Å². The topological polar surface area (TPSA) is 102 Å². The lowest BCUT2D eigenvalue weighted by Gasteiger charge is -2.12. The van der Waals surface area contributed by atoms with Gasteiger partial charge in [-0.1, -0.05) is 6.07 Å². The van der Waals surface area contributed by atoms with Gasteiger partial charge in [0.1, 0.15) is 18.2 Å². The van der Waals surface area contributed by atoms with Crippen molar-refractivity contribution >= 4 is 23.8 Å². The molecule has 0 radical (unpaired) electrons. The summed E-state index contributed by atoms with van der Waals surface area (Å²) in [5, 5.41) is 0. The monoisotopic (exact) mass is 202 g/mol. The molecule has 0 spiro atoms. The number of amidine groups is 2. The Morgan fingerprint density at radius 3 is 2.93 bits per heavy atom. The molecule has 76 valence electrons. The quantitative estimate of drug-likeness (QED) is 0.661. The highest BCUT2D eigenvalue weighted by Gasteiger charge is 2.17. The molecule has 1 aliphatic rings. The van der Waals surface area contributed by atoms with Gasteiger partial charge in [0.15, 0.2) is 11.7 Å². The Morgan fingerprint density at radius 1 is 1.33 bits per heavy atom. The minimum absolute atomic E-state index is 0.305. The third-order valence-corrected chi connectivity index (χ3v) is 1.87. The smallest absolute Gasteiger partial charge is 0.157 e. The van der Waals surface area contributed by atoms with Crippen molar-refractivity contribution in [3.8, 4) is 0 Å². The predicted molar refractivity (Wildman–Crippen MR) is 59.4 cm³/mol. The van der Waals surface area contributed by atoms with Gasteiger partial charge in [-0.2, -0.15) is 0 Å². The second kappa shape index (κ2) is 3.97. The zero-order valence-corrected chi connectivity index (χ0v) is 7.91. The van der Waals surface area contributed by atoms with Crippen LogP contribution in [0, 0.1) is 0 Å². The van der Waals surface area contributed by atoms with E-state index in [-0.39, 0.29) is 0 Å². The van der Waals surface area contributed by atoms with Gasteiger partial charge in [0.25, 0.3) is 0 Å². The Labute approximate surface area is 86.5 Å². The second-order valence-corrected chi connectivity index (χ2v) is 2.93. The van der Waals surface area contributed by atoms with E-state index in [0.29, 0.717) is 17.5 Å². The van der Waals surface area contributed by atoms with Crippen molar-refractivity contribution in [1.29, 1.82) is 0 Å². The molecule has 15 heavy (non-hydrogen) atoms. The fourth-order valence-electron chi connectivity index (χ4n) is 1.08. The lowest BCUT2D eigenvalue weighted by Crippen LogP contribution is -2.44.